The molecule has 0 aliphatic carbocycles. The van der Waals surface area contributed by atoms with Crippen molar-refractivity contribution in [3.05, 3.63) is 22.4 Å². The standard InChI is InChI=1S/C17H28N2O2S/c1-3-5-7-14(4-2)12-18-16(20)9-10-17(21)19-13-15-8-6-11-22-15/h6,8,11,14H,3-5,7,9-10,12-13H2,1-2H3,(H,18,20)(H,19,21). The van der Waals surface area contributed by atoms with E-state index in [1.54, 1.807) is 11.3 Å². The molecule has 0 saturated carbocycles. The van der Waals surface area contributed by atoms with Gasteiger partial charge in [0.05, 0.1) is 6.54 Å². The fourth-order valence-electron chi connectivity index (χ4n) is 2.20. The first-order valence-electron chi connectivity index (χ1n) is 8.21. The Kier molecular flexibility index (Phi) is 9.55. The molecule has 0 aliphatic heterocycles. The third-order valence-electron chi connectivity index (χ3n) is 3.75. The van der Waals surface area contributed by atoms with Crippen LogP contribution in [0.4, 0.5) is 0 Å². The van der Waals surface area contributed by atoms with E-state index in [1.165, 1.54) is 12.8 Å². The molecule has 0 spiro atoms. The summed E-state index contributed by atoms with van der Waals surface area (Å²) in [5.41, 5.74) is 0. The molecule has 4 nitrogen and oxygen atoms in total. The van der Waals surface area contributed by atoms with Crippen molar-refractivity contribution in [2.45, 2.75) is 58.9 Å². The van der Waals surface area contributed by atoms with E-state index in [2.05, 4.69) is 24.5 Å². The Balaban J connectivity index is 2.12. The maximum absolute atomic E-state index is 11.8. The molecular formula is C17H28N2O2S. The lowest BCUT2D eigenvalue weighted by Gasteiger charge is -2.15. The first kappa shape index (κ1) is 18.7. The Labute approximate surface area is 137 Å². The van der Waals surface area contributed by atoms with Crippen LogP contribution in [0, 0.1) is 5.92 Å². The fourth-order valence-corrected chi connectivity index (χ4v) is 2.85. The van der Waals surface area contributed by atoms with Crippen molar-refractivity contribution in [3.8, 4) is 0 Å². The molecule has 1 unspecified atom stereocenters. The first-order chi connectivity index (χ1) is 10.7. The van der Waals surface area contributed by atoms with Crippen LogP contribution in [0.5, 0.6) is 0 Å². The normalized spacial score (nSPS) is 11.9. The van der Waals surface area contributed by atoms with Gasteiger partial charge in [-0.25, -0.2) is 0 Å². The minimum Gasteiger partial charge on any atom is -0.356 e. The summed E-state index contributed by atoms with van der Waals surface area (Å²) >= 11 is 1.62. The van der Waals surface area contributed by atoms with Gasteiger partial charge in [0.1, 0.15) is 0 Å². The van der Waals surface area contributed by atoms with E-state index in [-0.39, 0.29) is 24.7 Å². The summed E-state index contributed by atoms with van der Waals surface area (Å²) in [6.07, 6.45) is 5.16. The van der Waals surface area contributed by atoms with Crippen molar-refractivity contribution < 1.29 is 9.59 Å². The van der Waals surface area contributed by atoms with Crippen LogP contribution in [0.3, 0.4) is 0 Å². The molecule has 1 atom stereocenters. The van der Waals surface area contributed by atoms with Gasteiger partial charge >= 0.3 is 0 Å². The summed E-state index contributed by atoms with van der Waals surface area (Å²) in [6.45, 7) is 5.61. The van der Waals surface area contributed by atoms with E-state index in [0.29, 0.717) is 12.5 Å². The van der Waals surface area contributed by atoms with Gasteiger partial charge in [-0.15, -0.1) is 11.3 Å². The highest BCUT2D eigenvalue weighted by Crippen LogP contribution is 2.11. The van der Waals surface area contributed by atoms with Crippen LogP contribution in [-0.2, 0) is 16.1 Å². The first-order valence-corrected chi connectivity index (χ1v) is 9.09. The highest BCUT2D eigenvalue weighted by atomic mass is 32.1. The minimum atomic E-state index is -0.0680. The number of hydrogen-bond donors (Lipinski definition) is 2. The zero-order valence-corrected chi connectivity index (χ0v) is 14.5. The number of thiophene rings is 1. The van der Waals surface area contributed by atoms with Crippen LogP contribution in [0.25, 0.3) is 0 Å². The van der Waals surface area contributed by atoms with Crippen LogP contribution in [0.15, 0.2) is 17.5 Å². The lowest BCUT2D eigenvalue weighted by molar-refractivity contribution is -0.126. The van der Waals surface area contributed by atoms with Gasteiger partial charge in [0.2, 0.25) is 11.8 Å². The topological polar surface area (TPSA) is 58.2 Å². The number of unbranched alkanes of at least 4 members (excludes halogenated alkanes) is 1. The number of carbonyl (C=O) groups is 2. The van der Waals surface area contributed by atoms with Gasteiger partial charge in [0.25, 0.3) is 0 Å². The summed E-state index contributed by atoms with van der Waals surface area (Å²) < 4.78 is 0. The predicted octanol–water partition coefficient (Wildman–Crippen LogP) is 3.48. The van der Waals surface area contributed by atoms with Crippen LogP contribution in [0.1, 0.15) is 57.2 Å². The molecule has 0 aromatic carbocycles. The lowest BCUT2D eigenvalue weighted by atomic mass is 9.99. The second kappa shape index (κ2) is 11.2. The molecule has 1 rings (SSSR count). The van der Waals surface area contributed by atoms with Crippen LogP contribution >= 0.6 is 11.3 Å². The van der Waals surface area contributed by atoms with Crippen LogP contribution < -0.4 is 10.6 Å². The molecule has 0 saturated heterocycles. The van der Waals surface area contributed by atoms with Gasteiger partial charge < -0.3 is 10.6 Å². The van der Waals surface area contributed by atoms with E-state index in [0.717, 1.165) is 24.3 Å². The summed E-state index contributed by atoms with van der Waals surface area (Å²) in [7, 11) is 0. The highest BCUT2D eigenvalue weighted by Gasteiger charge is 2.10. The van der Waals surface area contributed by atoms with Gasteiger partial charge in [0.15, 0.2) is 0 Å². The van der Waals surface area contributed by atoms with E-state index in [9.17, 15) is 9.59 Å². The molecule has 0 bridgehead atoms. The number of nitrogens with one attached hydrogen (secondary N) is 2. The smallest absolute Gasteiger partial charge is 0.220 e. The zero-order chi connectivity index (χ0) is 16.2. The van der Waals surface area contributed by atoms with Crippen LogP contribution in [-0.4, -0.2) is 18.4 Å². The summed E-state index contributed by atoms with van der Waals surface area (Å²) in [4.78, 5) is 24.6. The Morgan fingerprint density at radius 2 is 1.91 bits per heavy atom. The van der Waals surface area contributed by atoms with Gasteiger partial charge in [0, 0.05) is 24.3 Å². The number of carbonyl (C=O) groups excluding carboxylic acids is 2. The highest BCUT2D eigenvalue weighted by molar-refractivity contribution is 7.09. The minimum absolute atomic E-state index is 0.0266. The average molecular weight is 324 g/mol. The van der Waals surface area contributed by atoms with E-state index >= 15 is 0 Å². The Hall–Kier alpha value is -1.36. The molecule has 0 fully saturated rings. The van der Waals surface area contributed by atoms with Crippen molar-refractivity contribution in [2.75, 3.05) is 6.54 Å². The number of rotatable bonds is 11. The van der Waals surface area contributed by atoms with Crippen molar-refractivity contribution in [3.63, 3.8) is 0 Å². The molecule has 5 heteroatoms. The Morgan fingerprint density at radius 1 is 1.18 bits per heavy atom. The average Bonchev–Trinajstić information content (AvgIpc) is 3.04. The van der Waals surface area contributed by atoms with Crippen molar-refractivity contribution in [1.82, 2.24) is 10.6 Å². The van der Waals surface area contributed by atoms with Crippen molar-refractivity contribution in [1.29, 1.82) is 0 Å². The van der Waals surface area contributed by atoms with Gasteiger partial charge in [-0.2, -0.15) is 0 Å². The molecule has 22 heavy (non-hydrogen) atoms. The predicted molar refractivity (Wildman–Crippen MR) is 91.7 cm³/mol. The number of amides is 2. The summed E-state index contributed by atoms with van der Waals surface area (Å²) in [6, 6.07) is 3.95. The van der Waals surface area contributed by atoms with Crippen molar-refractivity contribution in [2.24, 2.45) is 5.92 Å². The molecule has 0 radical (unpaired) electrons. The monoisotopic (exact) mass is 324 g/mol. The molecule has 124 valence electrons. The van der Waals surface area contributed by atoms with Crippen molar-refractivity contribution >= 4 is 23.2 Å². The largest absolute Gasteiger partial charge is 0.356 e. The molecular weight excluding hydrogens is 296 g/mol. The molecule has 0 aliphatic rings. The van der Waals surface area contributed by atoms with Gasteiger partial charge in [-0.05, 0) is 23.8 Å². The van der Waals surface area contributed by atoms with Gasteiger partial charge in [-0.3, -0.25) is 9.59 Å². The molecule has 1 heterocycles. The maximum atomic E-state index is 11.8. The maximum Gasteiger partial charge on any atom is 0.220 e. The van der Waals surface area contributed by atoms with E-state index < -0.39 is 0 Å². The Bertz CT molecular complexity index is 432. The van der Waals surface area contributed by atoms with Gasteiger partial charge in [-0.1, -0.05) is 39.2 Å². The third-order valence-corrected chi connectivity index (χ3v) is 4.63. The molecule has 1 aromatic heterocycles. The number of hydrogen-bond acceptors (Lipinski definition) is 3. The quantitative estimate of drug-likeness (QED) is 0.655. The third kappa shape index (κ3) is 8.17. The summed E-state index contributed by atoms with van der Waals surface area (Å²) in [5, 5.41) is 7.77. The fraction of sp³-hybridized carbons (Fsp3) is 0.647. The molecule has 2 N–H and O–H groups in total. The SMILES string of the molecule is CCCCC(CC)CNC(=O)CCC(=O)NCc1cccs1. The zero-order valence-electron chi connectivity index (χ0n) is 13.7. The van der Waals surface area contributed by atoms with E-state index in [1.807, 2.05) is 17.5 Å². The lowest BCUT2D eigenvalue weighted by Crippen LogP contribution is -2.30. The molecule has 2 amide bonds. The Morgan fingerprint density at radius 3 is 2.50 bits per heavy atom. The second-order valence-corrected chi connectivity index (χ2v) is 6.61. The second-order valence-electron chi connectivity index (χ2n) is 5.58. The van der Waals surface area contributed by atoms with Crippen LogP contribution in [0.2, 0.25) is 0 Å². The summed E-state index contributed by atoms with van der Waals surface area (Å²) in [5.74, 6) is 0.458. The van der Waals surface area contributed by atoms with E-state index in [4.69, 9.17) is 0 Å². The molecule has 1 aromatic rings.